The maximum atomic E-state index is 12.2. The summed E-state index contributed by atoms with van der Waals surface area (Å²) in [5.74, 6) is -0.424. The van der Waals surface area contributed by atoms with Gasteiger partial charge in [-0.3, -0.25) is 9.59 Å². The predicted molar refractivity (Wildman–Crippen MR) is 91.7 cm³/mol. The molecule has 0 aliphatic carbocycles. The number of sulfone groups is 1. The van der Waals surface area contributed by atoms with Crippen LogP contribution in [0.1, 0.15) is 15.9 Å². The van der Waals surface area contributed by atoms with E-state index in [2.05, 4.69) is 10.6 Å². The fourth-order valence-electron chi connectivity index (χ4n) is 2.04. The van der Waals surface area contributed by atoms with Gasteiger partial charge in [-0.15, -0.1) is 0 Å². The zero-order chi connectivity index (χ0) is 17.7. The summed E-state index contributed by atoms with van der Waals surface area (Å²) in [7, 11) is -1.71. The van der Waals surface area contributed by atoms with Crippen LogP contribution in [0.2, 0.25) is 0 Å². The van der Waals surface area contributed by atoms with Gasteiger partial charge in [-0.05, 0) is 42.0 Å². The average molecular weight is 346 g/mol. The maximum Gasteiger partial charge on any atom is 0.255 e. The second kappa shape index (κ2) is 7.27. The molecule has 0 fully saturated rings. The molecule has 0 aliphatic rings. The summed E-state index contributed by atoms with van der Waals surface area (Å²) in [6, 6.07) is 12.7. The quantitative estimate of drug-likeness (QED) is 0.861. The number of carbonyl (C=O) groups excluding carboxylic acids is 2. The molecule has 7 heteroatoms. The van der Waals surface area contributed by atoms with Crippen molar-refractivity contribution in [3.05, 3.63) is 59.7 Å². The van der Waals surface area contributed by atoms with E-state index in [-0.39, 0.29) is 23.1 Å². The summed E-state index contributed by atoms with van der Waals surface area (Å²) >= 11 is 0. The fraction of sp³-hybridized carbons (Fsp3) is 0.176. The SMILES string of the molecule is CNC(=O)Cc1ccc(NC(=O)c2ccc(S(C)(=O)=O)cc2)cc1. The molecule has 0 unspecified atom stereocenters. The third kappa shape index (κ3) is 4.66. The monoisotopic (exact) mass is 346 g/mol. The number of anilines is 1. The van der Waals surface area contributed by atoms with E-state index >= 15 is 0 Å². The van der Waals surface area contributed by atoms with Gasteiger partial charge in [0, 0.05) is 24.6 Å². The van der Waals surface area contributed by atoms with Crippen molar-refractivity contribution in [3.8, 4) is 0 Å². The van der Waals surface area contributed by atoms with E-state index < -0.39 is 9.84 Å². The van der Waals surface area contributed by atoms with Gasteiger partial charge >= 0.3 is 0 Å². The first-order valence-electron chi connectivity index (χ1n) is 7.20. The van der Waals surface area contributed by atoms with Gasteiger partial charge < -0.3 is 10.6 Å². The molecule has 2 amide bonds. The van der Waals surface area contributed by atoms with Crippen molar-refractivity contribution in [1.82, 2.24) is 5.32 Å². The molecule has 0 atom stereocenters. The Morgan fingerprint density at radius 3 is 2.04 bits per heavy atom. The molecule has 0 bridgehead atoms. The van der Waals surface area contributed by atoms with Crippen molar-refractivity contribution >= 4 is 27.3 Å². The number of rotatable bonds is 5. The standard InChI is InChI=1S/C17H18N2O4S/c1-18-16(20)11-12-3-7-14(8-4-12)19-17(21)13-5-9-15(10-6-13)24(2,22)23/h3-10H,11H2,1-2H3,(H,18,20)(H,19,21). The first-order chi connectivity index (χ1) is 11.3. The lowest BCUT2D eigenvalue weighted by Crippen LogP contribution is -2.19. The lowest BCUT2D eigenvalue weighted by molar-refractivity contribution is -0.119. The van der Waals surface area contributed by atoms with Gasteiger partial charge in [0.05, 0.1) is 11.3 Å². The molecule has 0 saturated heterocycles. The molecule has 0 radical (unpaired) electrons. The number of hydrogen-bond donors (Lipinski definition) is 2. The third-order valence-corrected chi connectivity index (χ3v) is 4.53. The van der Waals surface area contributed by atoms with Crippen molar-refractivity contribution in [2.24, 2.45) is 0 Å². The van der Waals surface area contributed by atoms with Crippen molar-refractivity contribution in [1.29, 1.82) is 0 Å². The zero-order valence-corrected chi connectivity index (χ0v) is 14.2. The Labute approximate surface area is 140 Å². The van der Waals surface area contributed by atoms with Gasteiger partial charge in [-0.1, -0.05) is 12.1 Å². The van der Waals surface area contributed by atoms with Crippen LogP contribution in [-0.2, 0) is 21.1 Å². The van der Waals surface area contributed by atoms with E-state index in [9.17, 15) is 18.0 Å². The fourth-order valence-corrected chi connectivity index (χ4v) is 2.67. The van der Waals surface area contributed by atoms with E-state index in [1.165, 1.54) is 24.3 Å². The number of benzene rings is 2. The third-order valence-electron chi connectivity index (χ3n) is 3.40. The van der Waals surface area contributed by atoms with Crippen LogP contribution in [0.15, 0.2) is 53.4 Å². The molecule has 6 nitrogen and oxygen atoms in total. The molecule has 24 heavy (non-hydrogen) atoms. The van der Waals surface area contributed by atoms with Crippen molar-refractivity contribution < 1.29 is 18.0 Å². The number of carbonyl (C=O) groups is 2. The zero-order valence-electron chi connectivity index (χ0n) is 13.4. The lowest BCUT2D eigenvalue weighted by atomic mass is 10.1. The first-order valence-corrected chi connectivity index (χ1v) is 9.10. The maximum absolute atomic E-state index is 12.2. The van der Waals surface area contributed by atoms with Crippen LogP contribution in [0.25, 0.3) is 0 Å². The highest BCUT2D eigenvalue weighted by atomic mass is 32.2. The summed E-state index contributed by atoms with van der Waals surface area (Å²) in [5.41, 5.74) is 1.79. The van der Waals surface area contributed by atoms with Crippen LogP contribution < -0.4 is 10.6 Å². The minimum atomic E-state index is -3.29. The summed E-state index contributed by atoms with van der Waals surface area (Å²) in [4.78, 5) is 23.6. The molecule has 2 rings (SSSR count). The number of likely N-dealkylation sites (N-methyl/N-ethyl adjacent to an activating group) is 1. The Bertz CT molecular complexity index is 841. The Balaban J connectivity index is 2.05. The highest BCUT2D eigenvalue weighted by molar-refractivity contribution is 7.90. The summed E-state index contributed by atoms with van der Waals surface area (Å²) in [6.07, 6.45) is 1.39. The summed E-state index contributed by atoms with van der Waals surface area (Å²) < 4.78 is 22.8. The van der Waals surface area contributed by atoms with Gasteiger partial charge in [-0.2, -0.15) is 0 Å². The topological polar surface area (TPSA) is 92.3 Å². The van der Waals surface area contributed by atoms with Crippen LogP contribution in [0, 0.1) is 0 Å². The molecule has 0 aliphatic heterocycles. The molecule has 0 heterocycles. The van der Waals surface area contributed by atoms with Crippen LogP contribution in [-0.4, -0.2) is 33.5 Å². The van der Waals surface area contributed by atoms with E-state index in [1.807, 2.05) is 0 Å². The number of nitrogens with one attached hydrogen (secondary N) is 2. The molecule has 0 spiro atoms. The molecular formula is C17H18N2O4S. The Hall–Kier alpha value is -2.67. The average Bonchev–Trinajstić information content (AvgIpc) is 2.55. The number of amides is 2. The van der Waals surface area contributed by atoms with Crippen molar-refractivity contribution in [3.63, 3.8) is 0 Å². The second-order valence-corrected chi connectivity index (χ2v) is 7.31. The number of hydrogen-bond acceptors (Lipinski definition) is 4. The summed E-state index contributed by atoms with van der Waals surface area (Å²) in [5, 5.41) is 5.27. The predicted octanol–water partition coefficient (Wildman–Crippen LogP) is 1.63. The molecule has 0 aromatic heterocycles. The van der Waals surface area contributed by atoms with Crippen LogP contribution in [0.3, 0.4) is 0 Å². The lowest BCUT2D eigenvalue weighted by Gasteiger charge is -2.07. The Kier molecular flexibility index (Phi) is 5.35. The van der Waals surface area contributed by atoms with E-state index in [4.69, 9.17) is 0 Å². The Morgan fingerprint density at radius 2 is 1.54 bits per heavy atom. The molecule has 0 saturated carbocycles. The molecule has 2 aromatic carbocycles. The first kappa shape index (κ1) is 17.7. The van der Waals surface area contributed by atoms with Gasteiger partial charge in [0.25, 0.3) is 5.91 Å². The molecule has 2 aromatic rings. The van der Waals surface area contributed by atoms with Gasteiger partial charge in [0.1, 0.15) is 0 Å². The highest BCUT2D eigenvalue weighted by Crippen LogP contribution is 2.14. The molecular weight excluding hydrogens is 328 g/mol. The van der Waals surface area contributed by atoms with Gasteiger partial charge in [-0.25, -0.2) is 8.42 Å². The Morgan fingerprint density at radius 1 is 0.958 bits per heavy atom. The minimum absolute atomic E-state index is 0.0854. The smallest absolute Gasteiger partial charge is 0.255 e. The summed E-state index contributed by atoms with van der Waals surface area (Å²) in [6.45, 7) is 0. The van der Waals surface area contributed by atoms with Crippen LogP contribution >= 0.6 is 0 Å². The second-order valence-electron chi connectivity index (χ2n) is 5.30. The molecule has 126 valence electrons. The van der Waals surface area contributed by atoms with E-state index in [1.54, 1.807) is 31.3 Å². The largest absolute Gasteiger partial charge is 0.359 e. The van der Waals surface area contributed by atoms with Crippen LogP contribution in [0.4, 0.5) is 5.69 Å². The van der Waals surface area contributed by atoms with E-state index in [0.717, 1.165) is 11.8 Å². The van der Waals surface area contributed by atoms with Gasteiger partial charge in [0.2, 0.25) is 5.91 Å². The van der Waals surface area contributed by atoms with Gasteiger partial charge in [0.15, 0.2) is 9.84 Å². The van der Waals surface area contributed by atoms with Crippen molar-refractivity contribution in [2.75, 3.05) is 18.6 Å². The highest BCUT2D eigenvalue weighted by Gasteiger charge is 2.10. The normalized spacial score (nSPS) is 10.9. The van der Waals surface area contributed by atoms with Crippen LogP contribution in [0.5, 0.6) is 0 Å². The minimum Gasteiger partial charge on any atom is -0.359 e. The van der Waals surface area contributed by atoms with E-state index in [0.29, 0.717) is 11.3 Å². The molecule has 2 N–H and O–H groups in total. The van der Waals surface area contributed by atoms with Crippen molar-refractivity contribution in [2.45, 2.75) is 11.3 Å².